The Morgan fingerprint density at radius 1 is 0.867 bits per heavy atom. The number of carbonyl (C=O) groups is 1. The first kappa shape index (κ1) is 20.2. The number of hydrogen-bond donors (Lipinski definition) is 0. The maximum Gasteiger partial charge on any atom is 0.227 e. The standard InChI is InChI=1S/C25H28N2O3/c1-29-22-10-11-24(30-2)21(16-22)18-26-12-14-27(15-13-26)25(28)17-20-8-5-7-19-6-3-4-9-23(19)20/h3-11,16H,12-15,17-18H2,1-2H3. The molecule has 1 aliphatic heterocycles. The number of nitrogens with zero attached hydrogens (tertiary/aromatic N) is 2. The molecule has 3 aromatic rings. The fourth-order valence-electron chi connectivity index (χ4n) is 4.12. The molecule has 1 aliphatic rings. The van der Waals surface area contributed by atoms with Crippen LogP contribution < -0.4 is 9.47 Å². The van der Waals surface area contributed by atoms with E-state index in [9.17, 15) is 4.79 Å². The molecule has 3 aromatic carbocycles. The van der Waals surface area contributed by atoms with Gasteiger partial charge in [0, 0.05) is 38.3 Å². The Morgan fingerprint density at radius 3 is 2.40 bits per heavy atom. The van der Waals surface area contributed by atoms with Crippen molar-refractivity contribution in [1.82, 2.24) is 9.80 Å². The SMILES string of the molecule is COc1ccc(OC)c(CN2CCN(C(=O)Cc3cccc4ccccc34)CC2)c1. The van der Waals surface area contributed by atoms with Crippen LogP contribution in [0.3, 0.4) is 0 Å². The van der Waals surface area contributed by atoms with E-state index in [2.05, 4.69) is 29.2 Å². The second kappa shape index (κ2) is 9.18. The van der Waals surface area contributed by atoms with Crippen LogP contribution in [0.25, 0.3) is 10.8 Å². The van der Waals surface area contributed by atoms with Gasteiger partial charge in [-0.2, -0.15) is 0 Å². The Hall–Kier alpha value is -3.05. The molecule has 0 bridgehead atoms. The molecule has 5 nitrogen and oxygen atoms in total. The van der Waals surface area contributed by atoms with E-state index in [0.29, 0.717) is 6.42 Å². The van der Waals surface area contributed by atoms with Crippen molar-refractivity contribution in [2.45, 2.75) is 13.0 Å². The second-order valence-corrected chi connectivity index (χ2v) is 7.65. The quantitative estimate of drug-likeness (QED) is 0.628. The van der Waals surface area contributed by atoms with Crippen LogP contribution in [0.15, 0.2) is 60.7 Å². The third kappa shape index (κ3) is 4.41. The van der Waals surface area contributed by atoms with Crippen molar-refractivity contribution >= 4 is 16.7 Å². The first-order chi connectivity index (χ1) is 14.7. The van der Waals surface area contributed by atoms with E-state index in [4.69, 9.17) is 9.47 Å². The Kier molecular flexibility index (Phi) is 6.19. The lowest BCUT2D eigenvalue weighted by atomic mass is 10.0. The smallest absolute Gasteiger partial charge is 0.227 e. The maximum atomic E-state index is 12.9. The first-order valence-corrected chi connectivity index (χ1v) is 10.4. The molecule has 30 heavy (non-hydrogen) atoms. The van der Waals surface area contributed by atoms with E-state index in [0.717, 1.165) is 60.7 Å². The minimum absolute atomic E-state index is 0.199. The van der Waals surface area contributed by atoms with Crippen LogP contribution in [-0.2, 0) is 17.8 Å². The van der Waals surface area contributed by atoms with Crippen LogP contribution in [-0.4, -0.2) is 56.1 Å². The number of ether oxygens (including phenoxy) is 2. The summed E-state index contributed by atoms with van der Waals surface area (Å²) >= 11 is 0. The molecular weight excluding hydrogens is 376 g/mol. The molecule has 0 spiro atoms. The molecule has 156 valence electrons. The molecule has 0 N–H and O–H groups in total. The highest BCUT2D eigenvalue weighted by Gasteiger charge is 2.22. The fourth-order valence-corrected chi connectivity index (χ4v) is 4.12. The summed E-state index contributed by atoms with van der Waals surface area (Å²) < 4.78 is 10.9. The van der Waals surface area contributed by atoms with E-state index < -0.39 is 0 Å². The van der Waals surface area contributed by atoms with Crippen LogP contribution in [0.2, 0.25) is 0 Å². The van der Waals surface area contributed by atoms with Crippen LogP contribution in [0.4, 0.5) is 0 Å². The lowest BCUT2D eigenvalue weighted by molar-refractivity contribution is -0.132. The van der Waals surface area contributed by atoms with E-state index in [-0.39, 0.29) is 5.91 Å². The van der Waals surface area contributed by atoms with Gasteiger partial charge in [-0.3, -0.25) is 9.69 Å². The monoisotopic (exact) mass is 404 g/mol. The summed E-state index contributed by atoms with van der Waals surface area (Å²) in [7, 11) is 3.36. The van der Waals surface area contributed by atoms with Crippen molar-refractivity contribution in [3.8, 4) is 11.5 Å². The molecule has 1 amide bonds. The van der Waals surface area contributed by atoms with Crippen LogP contribution in [0.5, 0.6) is 11.5 Å². The zero-order chi connectivity index (χ0) is 20.9. The predicted octanol–water partition coefficient (Wildman–Crippen LogP) is 3.74. The van der Waals surface area contributed by atoms with E-state index in [1.807, 2.05) is 41.3 Å². The van der Waals surface area contributed by atoms with Gasteiger partial charge in [0.2, 0.25) is 5.91 Å². The Labute approximate surface area is 177 Å². The molecule has 4 rings (SSSR count). The minimum Gasteiger partial charge on any atom is -0.497 e. The summed E-state index contributed by atoms with van der Waals surface area (Å²) in [4.78, 5) is 17.3. The molecule has 1 heterocycles. The molecule has 0 aromatic heterocycles. The highest BCUT2D eigenvalue weighted by molar-refractivity contribution is 5.90. The summed E-state index contributed by atoms with van der Waals surface area (Å²) in [6, 6.07) is 20.3. The molecule has 0 unspecified atom stereocenters. The zero-order valence-electron chi connectivity index (χ0n) is 17.6. The summed E-state index contributed by atoms with van der Waals surface area (Å²) in [6.07, 6.45) is 0.449. The second-order valence-electron chi connectivity index (χ2n) is 7.65. The van der Waals surface area contributed by atoms with Crippen LogP contribution in [0.1, 0.15) is 11.1 Å². The summed E-state index contributed by atoms with van der Waals surface area (Å²) in [6.45, 7) is 3.97. The molecule has 0 aliphatic carbocycles. The highest BCUT2D eigenvalue weighted by atomic mass is 16.5. The van der Waals surface area contributed by atoms with Gasteiger partial charge in [0.1, 0.15) is 11.5 Å². The maximum absolute atomic E-state index is 12.9. The number of carbonyl (C=O) groups excluding carboxylic acids is 1. The Balaban J connectivity index is 1.37. The highest BCUT2D eigenvalue weighted by Crippen LogP contribution is 2.26. The molecule has 0 atom stereocenters. The third-order valence-corrected chi connectivity index (χ3v) is 5.83. The number of hydrogen-bond acceptors (Lipinski definition) is 4. The number of piperazine rings is 1. The minimum atomic E-state index is 0.199. The predicted molar refractivity (Wildman–Crippen MR) is 119 cm³/mol. The van der Waals surface area contributed by atoms with Gasteiger partial charge < -0.3 is 14.4 Å². The molecule has 1 fully saturated rings. The molecular formula is C25H28N2O3. The van der Waals surface area contributed by atoms with Gasteiger partial charge in [-0.15, -0.1) is 0 Å². The third-order valence-electron chi connectivity index (χ3n) is 5.83. The van der Waals surface area contributed by atoms with Gasteiger partial charge in [-0.05, 0) is 34.5 Å². The number of fused-ring (bicyclic) bond motifs is 1. The van der Waals surface area contributed by atoms with E-state index in [1.165, 1.54) is 5.39 Å². The largest absolute Gasteiger partial charge is 0.497 e. The average Bonchev–Trinajstić information content (AvgIpc) is 2.79. The van der Waals surface area contributed by atoms with Crippen LogP contribution >= 0.6 is 0 Å². The van der Waals surface area contributed by atoms with Gasteiger partial charge >= 0.3 is 0 Å². The molecule has 5 heteroatoms. The summed E-state index contributed by atoms with van der Waals surface area (Å²) in [5.74, 6) is 1.89. The Morgan fingerprint density at radius 2 is 1.63 bits per heavy atom. The van der Waals surface area contributed by atoms with Gasteiger partial charge in [0.15, 0.2) is 0 Å². The Bertz CT molecular complexity index is 1020. The fraction of sp³-hybridized carbons (Fsp3) is 0.320. The summed E-state index contributed by atoms with van der Waals surface area (Å²) in [5.41, 5.74) is 2.20. The molecule has 1 saturated heterocycles. The number of methoxy groups -OCH3 is 2. The van der Waals surface area contributed by atoms with Gasteiger partial charge in [-0.25, -0.2) is 0 Å². The lowest BCUT2D eigenvalue weighted by Gasteiger charge is -2.35. The topological polar surface area (TPSA) is 42.0 Å². The summed E-state index contributed by atoms with van der Waals surface area (Å²) in [5, 5.41) is 2.34. The van der Waals surface area contributed by atoms with E-state index >= 15 is 0 Å². The van der Waals surface area contributed by atoms with Crippen molar-refractivity contribution in [1.29, 1.82) is 0 Å². The lowest BCUT2D eigenvalue weighted by Crippen LogP contribution is -2.48. The van der Waals surface area contributed by atoms with Gasteiger partial charge in [0.25, 0.3) is 0 Å². The van der Waals surface area contributed by atoms with Crippen molar-refractivity contribution in [2.75, 3.05) is 40.4 Å². The van der Waals surface area contributed by atoms with Crippen molar-refractivity contribution < 1.29 is 14.3 Å². The van der Waals surface area contributed by atoms with Crippen LogP contribution in [0, 0.1) is 0 Å². The zero-order valence-corrected chi connectivity index (χ0v) is 17.6. The molecule has 0 radical (unpaired) electrons. The normalized spacial score (nSPS) is 14.7. The van der Waals surface area contributed by atoms with E-state index in [1.54, 1.807) is 14.2 Å². The first-order valence-electron chi connectivity index (χ1n) is 10.4. The van der Waals surface area contributed by atoms with Crippen molar-refractivity contribution in [2.24, 2.45) is 0 Å². The number of rotatable bonds is 6. The average molecular weight is 405 g/mol. The number of amides is 1. The van der Waals surface area contributed by atoms with Crippen molar-refractivity contribution in [3.05, 3.63) is 71.8 Å². The number of benzene rings is 3. The van der Waals surface area contributed by atoms with Gasteiger partial charge in [0.05, 0.1) is 20.6 Å². The van der Waals surface area contributed by atoms with Gasteiger partial charge in [-0.1, -0.05) is 42.5 Å². The van der Waals surface area contributed by atoms with Crippen molar-refractivity contribution in [3.63, 3.8) is 0 Å². The molecule has 0 saturated carbocycles.